The van der Waals surface area contributed by atoms with Gasteiger partial charge in [-0.05, 0) is 29.2 Å². The summed E-state index contributed by atoms with van der Waals surface area (Å²) in [6, 6.07) is 17.5. The summed E-state index contributed by atoms with van der Waals surface area (Å²) in [5.74, 6) is 0.249. The molecule has 1 aliphatic heterocycles. The summed E-state index contributed by atoms with van der Waals surface area (Å²) in [5, 5.41) is 4.43. The molecular weight excluding hydrogens is 400 g/mol. The van der Waals surface area contributed by atoms with E-state index in [4.69, 9.17) is 0 Å². The van der Waals surface area contributed by atoms with Crippen LogP contribution in [0.25, 0.3) is 5.69 Å². The van der Waals surface area contributed by atoms with Gasteiger partial charge < -0.3 is 9.80 Å². The number of rotatable bonds is 6. The van der Waals surface area contributed by atoms with Gasteiger partial charge in [-0.15, -0.1) is 0 Å². The molecule has 2 heterocycles. The lowest BCUT2D eigenvalue weighted by molar-refractivity contribution is -0.147. The first-order valence-electron chi connectivity index (χ1n) is 11.1. The quantitative estimate of drug-likeness (QED) is 0.597. The molecule has 0 spiro atoms. The van der Waals surface area contributed by atoms with Crippen LogP contribution in [0.3, 0.4) is 0 Å². The van der Waals surface area contributed by atoms with E-state index in [9.17, 15) is 9.59 Å². The Morgan fingerprint density at radius 2 is 1.75 bits per heavy atom. The van der Waals surface area contributed by atoms with Crippen molar-refractivity contribution < 1.29 is 9.59 Å². The van der Waals surface area contributed by atoms with Crippen LogP contribution in [0.1, 0.15) is 37.0 Å². The fraction of sp³-hybridized carbons (Fsp3) is 0.346. The smallest absolute Gasteiger partial charge is 0.245 e. The molecule has 1 atom stereocenters. The Balaban J connectivity index is 1.52. The van der Waals surface area contributed by atoms with Crippen molar-refractivity contribution in [1.29, 1.82) is 0 Å². The maximum atomic E-state index is 13.5. The van der Waals surface area contributed by atoms with Crippen molar-refractivity contribution in [2.45, 2.75) is 45.8 Å². The first-order chi connectivity index (χ1) is 15.4. The van der Waals surface area contributed by atoms with E-state index in [1.54, 1.807) is 23.0 Å². The average molecular weight is 431 g/mol. The van der Waals surface area contributed by atoms with E-state index in [0.717, 1.165) is 22.4 Å². The van der Waals surface area contributed by atoms with E-state index in [0.29, 0.717) is 25.9 Å². The zero-order valence-electron chi connectivity index (χ0n) is 18.9. The molecular formula is C26H30N4O2. The van der Waals surface area contributed by atoms with Crippen LogP contribution in [0.15, 0.2) is 67.0 Å². The molecule has 0 saturated carbocycles. The predicted octanol–water partition coefficient (Wildman–Crippen LogP) is 3.83. The van der Waals surface area contributed by atoms with Gasteiger partial charge in [-0.3, -0.25) is 9.59 Å². The van der Waals surface area contributed by atoms with Crippen LogP contribution < -0.4 is 0 Å². The number of hydrogen-bond acceptors (Lipinski definition) is 3. The van der Waals surface area contributed by atoms with Crippen LogP contribution in [0.5, 0.6) is 0 Å². The zero-order chi connectivity index (χ0) is 22.7. The normalized spacial score (nSPS) is 15.5. The minimum Gasteiger partial charge on any atom is -0.340 e. The molecule has 1 unspecified atom stereocenters. The summed E-state index contributed by atoms with van der Waals surface area (Å²) in [4.78, 5) is 30.0. The second-order valence-corrected chi connectivity index (χ2v) is 8.93. The number of amides is 2. The van der Waals surface area contributed by atoms with E-state index >= 15 is 0 Å². The molecule has 3 aromatic rings. The topological polar surface area (TPSA) is 58.4 Å². The largest absolute Gasteiger partial charge is 0.340 e. The number of hydrogen-bond donors (Lipinski definition) is 0. The molecule has 32 heavy (non-hydrogen) atoms. The molecule has 1 aromatic heterocycles. The lowest BCUT2D eigenvalue weighted by Gasteiger charge is -2.38. The first-order valence-corrected chi connectivity index (χ1v) is 11.1. The molecule has 4 rings (SSSR count). The molecule has 6 nitrogen and oxygen atoms in total. The molecule has 0 radical (unpaired) electrons. The van der Waals surface area contributed by atoms with Gasteiger partial charge in [-0.25, -0.2) is 4.68 Å². The molecule has 0 N–H and O–H groups in total. The Bertz CT molecular complexity index is 1090. The second kappa shape index (κ2) is 9.39. The van der Waals surface area contributed by atoms with Crippen LogP contribution >= 0.6 is 0 Å². The fourth-order valence-corrected chi connectivity index (χ4v) is 4.24. The van der Waals surface area contributed by atoms with Crippen molar-refractivity contribution in [1.82, 2.24) is 19.6 Å². The van der Waals surface area contributed by atoms with Gasteiger partial charge in [0.2, 0.25) is 11.8 Å². The Kier molecular flexibility index (Phi) is 6.40. The summed E-state index contributed by atoms with van der Waals surface area (Å²) in [7, 11) is 1.80. The van der Waals surface area contributed by atoms with Gasteiger partial charge in [0.15, 0.2) is 0 Å². The Morgan fingerprint density at radius 1 is 1.06 bits per heavy atom. The Morgan fingerprint density at radius 3 is 2.47 bits per heavy atom. The van der Waals surface area contributed by atoms with Crippen LogP contribution in [0, 0.1) is 5.92 Å². The number of carbonyl (C=O) groups is 2. The van der Waals surface area contributed by atoms with Gasteiger partial charge in [0, 0.05) is 44.7 Å². The van der Waals surface area contributed by atoms with Gasteiger partial charge in [-0.2, -0.15) is 5.10 Å². The predicted molar refractivity (Wildman–Crippen MR) is 124 cm³/mol. The van der Waals surface area contributed by atoms with Crippen LogP contribution in [0.4, 0.5) is 0 Å². The summed E-state index contributed by atoms with van der Waals surface area (Å²) < 4.78 is 1.81. The Hall–Kier alpha value is -3.41. The molecule has 0 saturated heterocycles. The van der Waals surface area contributed by atoms with Crippen LogP contribution in [-0.2, 0) is 29.1 Å². The van der Waals surface area contributed by atoms with Gasteiger partial charge in [0.1, 0.15) is 6.04 Å². The molecule has 6 heteroatoms. The molecule has 1 aliphatic rings. The fourth-order valence-electron chi connectivity index (χ4n) is 4.24. The van der Waals surface area contributed by atoms with Gasteiger partial charge in [0.25, 0.3) is 0 Å². The minimum atomic E-state index is -0.481. The number of nitrogens with zero attached hydrogens (tertiary/aromatic N) is 4. The van der Waals surface area contributed by atoms with E-state index < -0.39 is 6.04 Å². The highest BCUT2D eigenvalue weighted by Gasteiger charge is 2.36. The molecule has 166 valence electrons. The van der Waals surface area contributed by atoms with E-state index in [2.05, 4.69) is 11.2 Å². The number of carbonyl (C=O) groups excluding carboxylic acids is 2. The number of benzene rings is 2. The molecule has 2 amide bonds. The minimum absolute atomic E-state index is 0.0379. The van der Waals surface area contributed by atoms with Gasteiger partial charge in [0.05, 0.1) is 11.9 Å². The molecule has 0 bridgehead atoms. The van der Waals surface area contributed by atoms with Gasteiger partial charge >= 0.3 is 0 Å². The van der Waals surface area contributed by atoms with E-state index in [1.165, 1.54) is 0 Å². The maximum Gasteiger partial charge on any atom is 0.245 e. The second-order valence-electron chi connectivity index (χ2n) is 8.93. The number of likely N-dealkylation sites (N-methyl/N-ethyl adjacent to an activating group) is 1. The zero-order valence-corrected chi connectivity index (χ0v) is 18.9. The highest BCUT2D eigenvalue weighted by atomic mass is 16.2. The molecule has 0 fully saturated rings. The van der Waals surface area contributed by atoms with Crippen molar-refractivity contribution in [2.75, 3.05) is 7.05 Å². The number of para-hydroxylation sites is 1. The highest BCUT2D eigenvalue weighted by Crippen LogP contribution is 2.26. The number of aromatic nitrogens is 2. The van der Waals surface area contributed by atoms with Crippen LogP contribution in [-0.4, -0.2) is 44.5 Å². The maximum absolute atomic E-state index is 13.5. The average Bonchev–Trinajstić information content (AvgIpc) is 3.26. The SMILES string of the molecule is CC(C)CC(=O)N1Cc2ccccc2CC1C(=O)N(C)Cc1cnn(-c2ccccc2)c1. The standard InChI is InChI=1S/C26H30N4O2/c1-19(2)13-25(31)29-18-22-10-8-7-9-21(22)14-24(29)26(32)28(3)16-20-15-27-30(17-20)23-11-5-4-6-12-23/h4-12,15,17,19,24H,13-14,16,18H2,1-3H3. The Labute approximate surface area is 189 Å². The summed E-state index contributed by atoms with van der Waals surface area (Å²) in [6.45, 7) is 4.99. The third-order valence-corrected chi connectivity index (χ3v) is 5.89. The van der Waals surface area contributed by atoms with Crippen molar-refractivity contribution in [3.05, 3.63) is 83.7 Å². The highest BCUT2D eigenvalue weighted by molar-refractivity contribution is 5.88. The lowest BCUT2D eigenvalue weighted by atomic mass is 9.92. The van der Waals surface area contributed by atoms with Crippen molar-refractivity contribution in [2.24, 2.45) is 5.92 Å². The molecule has 0 aliphatic carbocycles. The van der Waals surface area contributed by atoms with Crippen LogP contribution in [0.2, 0.25) is 0 Å². The lowest BCUT2D eigenvalue weighted by Crippen LogP contribution is -2.52. The van der Waals surface area contributed by atoms with Crippen molar-refractivity contribution in [3.8, 4) is 5.69 Å². The third-order valence-electron chi connectivity index (χ3n) is 5.89. The van der Waals surface area contributed by atoms with E-state index in [-0.39, 0.29) is 17.7 Å². The monoisotopic (exact) mass is 430 g/mol. The first kappa shape index (κ1) is 21.8. The van der Waals surface area contributed by atoms with Gasteiger partial charge in [-0.1, -0.05) is 56.3 Å². The summed E-state index contributed by atoms with van der Waals surface area (Å²) in [6.07, 6.45) is 4.72. The number of fused-ring (bicyclic) bond motifs is 1. The summed E-state index contributed by atoms with van der Waals surface area (Å²) >= 11 is 0. The molecule has 2 aromatic carbocycles. The third kappa shape index (κ3) is 4.74. The summed E-state index contributed by atoms with van der Waals surface area (Å²) in [5.41, 5.74) is 4.19. The van der Waals surface area contributed by atoms with E-state index in [1.807, 2.05) is 73.3 Å². The van der Waals surface area contributed by atoms with Crippen molar-refractivity contribution in [3.63, 3.8) is 0 Å². The van der Waals surface area contributed by atoms with Crippen molar-refractivity contribution >= 4 is 11.8 Å².